The van der Waals surface area contributed by atoms with Gasteiger partial charge in [0.15, 0.2) is 0 Å². The van der Waals surface area contributed by atoms with Crippen LogP contribution in [0.5, 0.6) is 0 Å². The van der Waals surface area contributed by atoms with Gasteiger partial charge in [0.1, 0.15) is 0 Å². The highest BCUT2D eigenvalue weighted by Gasteiger charge is 2.43. The Bertz CT molecular complexity index is 684. The van der Waals surface area contributed by atoms with Gasteiger partial charge in [0.25, 0.3) is 0 Å². The van der Waals surface area contributed by atoms with Crippen molar-refractivity contribution < 1.29 is 28.7 Å². The van der Waals surface area contributed by atoms with Crippen molar-refractivity contribution in [3.63, 3.8) is 0 Å². The Morgan fingerprint density at radius 2 is 1.71 bits per heavy atom. The average Bonchev–Trinajstić information content (AvgIpc) is 2.99. The second kappa shape index (κ2) is 6.34. The number of fused-ring (bicyclic) bond motifs is 1. The van der Waals surface area contributed by atoms with Crippen molar-refractivity contribution >= 4 is 23.9 Å². The average molecular weight is 332 g/mol. The molecule has 0 radical (unpaired) electrons. The molecule has 0 N–H and O–H groups in total. The van der Waals surface area contributed by atoms with Gasteiger partial charge in [0, 0.05) is 11.1 Å². The van der Waals surface area contributed by atoms with Crippen LogP contribution in [-0.4, -0.2) is 23.9 Å². The van der Waals surface area contributed by atoms with Crippen molar-refractivity contribution in [1.29, 1.82) is 0 Å². The first-order chi connectivity index (χ1) is 11.4. The van der Waals surface area contributed by atoms with Gasteiger partial charge < -0.3 is 9.47 Å². The number of hydrogen-bond donors (Lipinski definition) is 0. The van der Waals surface area contributed by atoms with Crippen molar-refractivity contribution in [2.24, 2.45) is 17.8 Å². The summed E-state index contributed by atoms with van der Waals surface area (Å²) < 4.78 is 9.06. The van der Waals surface area contributed by atoms with Crippen molar-refractivity contribution in [3.05, 3.63) is 22.8 Å². The first kappa shape index (κ1) is 16.6. The molecule has 0 amide bonds. The number of hydrogen-bond acceptors (Lipinski definition) is 6. The van der Waals surface area contributed by atoms with E-state index in [1.54, 1.807) is 0 Å². The molecule has 1 fully saturated rings. The lowest BCUT2D eigenvalue weighted by atomic mass is 9.81. The molecule has 2 aliphatic carbocycles. The third kappa shape index (κ3) is 2.81. The van der Waals surface area contributed by atoms with E-state index < -0.39 is 17.9 Å². The van der Waals surface area contributed by atoms with Crippen LogP contribution in [0, 0.1) is 17.8 Å². The monoisotopic (exact) mass is 332 g/mol. The molecule has 3 atom stereocenters. The Balaban J connectivity index is 0.000000141. The summed E-state index contributed by atoms with van der Waals surface area (Å²) in [7, 11) is 0. The van der Waals surface area contributed by atoms with Crippen molar-refractivity contribution in [3.8, 4) is 0 Å². The summed E-state index contributed by atoms with van der Waals surface area (Å²) in [5, 5.41) is 0. The Hall–Kier alpha value is -2.24. The summed E-state index contributed by atoms with van der Waals surface area (Å²) in [6.45, 7) is 3.95. The van der Waals surface area contributed by atoms with E-state index >= 15 is 0 Å². The Morgan fingerprint density at radius 3 is 2.38 bits per heavy atom. The van der Waals surface area contributed by atoms with Crippen LogP contribution < -0.4 is 0 Å². The third-order valence-electron chi connectivity index (χ3n) is 5.11. The van der Waals surface area contributed by atoms with Crippen LogP contribution in [0.1, 0.15) is 46.0 Å². The molecule has 6 heteroatoms. The third-order valence-corrected chi connectivity index (χ3v) is 5.11. The summed E-state index contributed by atoms with van der Waals surface area (Å²) in [5.41, 5.74) is 1.84. The van der Waals surface area contributed by atoms with Crippen LogP contribution in [0.25, 0.3) is 0 Å². The summed E-state index contributed by atoms with van der Waals surface area (Å²) in [6.07, 6.45) is 6.37. The maximum absolute atomic E-state index is 11.1. The largest absolute Gasteiger partial charge is 0.389 e. The van der Waals surface area contributed by atoms with Gasteiger partial charge in [-0.15, -0.1) is 0 Å². The summed E-state index contributed by atoms with van der Waals surface area (Å²) in [5.74, 6) is -1.44. The van der Waals surface area contributed by atoms with Gasteiger partial charge in [-0.3, -0.25) is 4.79 Å². The van der Waals surface area contributed by atoms with E-state index in [9.17, 15) is 19.2 Å². The van der Waals surface area contributed by atoms with Crippen LogP contribution >= 0.6 is 0 Å². The maximum Gasteiger partial charge on any atom is 0.342 e. The number of allylic oxidation sites excluding steroid dienone is 1. The standard InChI is InChI=1S/2C9H10O3/c2*1-5-3-2-4-6-7(5)9(11)12-8(6)10/h5H,2-4H2,1H3;4-5,7H,2-3H2,1H3. The van der Waals surface area contributed by atoms with Crippen LogP contribution in [0.2, 0.25) is 0 Å². The highest BCUT2D eigenvalue weighted by atomic mass is 16.6. The fraction of sp³-hybridized carbons (Fsp3) is 0.556. The molecule has 2 heterocycles. The lowest BCUT2D eigenvalue weighted by Crippen LogP contribution is -2.21. The Labute approximate surface area is 139 Å². The van der Waals surface area contributed by atoms with Crippen molar-refractivity contribution in [2.75, 3.05) is 0 Å². The minimum absolute atomic E-state index is 0.202. The minimum Gasteiger partial charge on any atom is -0.389 e. The van der Waals surface area contributed by atoms with Gasteiger partial charge >= 0.3 is 23.9 Å². The molecule has 0 spiro atoms. The molecule has 0 aromatic carbocycles. The maximum atomic E-state index is 11.1. The quantitative estimate of drug-likeness (QED) is 0.499. The summed E-state index contributed by atoms with van der Waals surface area (Å²) in [6, 6.07) is 0. The second-order valence-electron chi connectivity index (χ2n) is 6.76. The molecule has 3 unspecified atom stereocenters. The second-order valence-corrected chi connectivity index (χ2v) is 6.76. The van der Waals surface area contributed by atoms with E-state index in [4.69, 9.17) is 0 Å². The zero-order valence-electron chi connectivity index (χ0n) is 13.8. The molecular weight excluding hydrogens is 312 g/mol. The molecule has 0 aromatic rings. The number of cyclic esters (lactones) is 4. The fourth-order valence-corrected chi connectivity index (χ4v) is 3.78. The predicted molar refractivity (Wildman–Crippen MR) is 82.2 cm³/mol. The van der Waals surface area contributed by atoms with Crippen LogP contribution in [-0.2, 0) is 28.7 Å². The molecule has 1 saturated heterocycles. The SMILES string of the molecule is CC1CCC=C2C(=O)OC(=O)C21.CC1CCCC2=C1C(=O)OC2=O. The fourth-order valence-electron chi connectivity index (χ4n) is 3.78. The van der Waals surface area contributed by atoms with E-state index in [0.717, 1.165) is 25.7 Å². The number of ether oxygens (including phenoxy) is 2. The van der Waals surface area contributed by atoms with Crippen molar-refractivity contribution in [2.45, 2.75) is 46.0 Å². The molecule has 128 valence electrons. The number of esters is 4. The van der Waals surface area contributed by atoms with Crippen LogP contribution in [0.4, 0.5) is 0 Å². The molecule has 0 aromatic heterocycles. The zero-order valence-corrected chi connectivity index (χ0v) is 13.8. The topological polar surface area (TPSA) is 86.7 Å². The zero-order chi connectivity index (χ0) is 17.4. The van der Waals surface area contributed by atoms with Crippen LogP contribution in [0.3, 0.4) is 0 Å². The number of carbonyl (C=O) groups is 4. The van der Waals surface area contributed by atoms with E-state index in [0.29, 0.717) is 23.1 Å². The first-order valence-corrected chi connectivity index (χ1v) is 8.35. The van der Waals surface area contributed by atoms with E-state index in [2.05, 4.69) is 9.47 Å². The molecule has 4 aliphatic rings. The van der Waals surface area contributed by atoms with E-state index in [1.807, 2.05) is 19.9 Å². The summed E-state index contributed by atoms with van der Waals surface area (Å²) >= 11 is 0. The first-order valence-electron chi connectivity index (χ1n) is 8.35. The van der Waals surface area contributed by atoms with Gasteiger partial charge in [0.05, 0.1) is 11.5 Å². The molecule has 24 heavy (non-hydrogen) atoms. The van der Waals surface area contributed by atoms with Gasteiger partial charge in [0.2, 0.25) is 0 Å². The molecular formula is C18H20O6. The lowest BCUT2D eigenvalue weighted by Gasteiger charge is -2.19. The Kier molecular flexibility index (Phi) is 4.39. The van der Waals surface area contributed by atoms with Gasteiger partial charge in [-0.2, -0.15) is 0 Å². The normalized spacial score (nSPS) is 31.6. The van der Waals surface area contributed by atoms with Gasteiger partial charge in [-0.25, -0.2) is 14.4 Å². The molecule has 4 rings (SSSR count). The highest BCUT2D eigenvalue weighted by molar-refractivity contribution is 6.12. The van der Waals surface area contributed by atoms with E-state index in [1.165, 1.54) is 0 Å². The van der Waals surface area contributed by atoms with Gasteiger partial charge in [-0.1, -0.05) is 19.9 Å². The number of rotatable bonds is 0. The highest BCUT2D eigenvalue weighted by Crippen LogP contribution is 2.36. The molecule has 2 aliphatic heterocycles. The van der Waals surface area contributed by atoms with E-state index in [-0.39, 0.29) is 23.7 Å². The smallest absolute Gasteiger partial charge is 0.342 e. The Morgan fingerprint density at radius 1 is 0.958 bits per heavy atom. The number of carbonyl (C=O) groups excluding carboxylic acids is 4. The molecule has 6 nitrogen and oxygen atoms in total. The molecule has 0 saturated carbocycles. The van der Waals surface area contributed by atoms with Crippen molar-refractivity contribution in [1.82, 2.24) is 0 Å². The summed E-state index contributed by atoms with van der Waals surface area (Å²) in [4.78, 5) is 44.4. The minimum atomic E-state index is -0.434. The van der Waals surface area contributed by atoms with Crippen LogP contribution in [0.15, 0.2) is 22.8 Å². The lowest BCUT2D eigenvalue weighted by molar-refractivity contribution is -0.154. The molecule has 0 bridgehead atoms. The van der Waals surface area contributed by atoms with Gasteiger partial charge in [-0.05, 0) is 43.9 Å². The predicted octanol–water partition coefficient (Wildman–Crippen LogP) is 2.23.